The number of amides is 1. The molecule has 1 heterocycles. The van der Waals surface area contributed by atoms with E-state index >= 15 is 0 Å². The van der Waals surface area contributed by atoms with E-state index in [1.165, 1.54) is 12.1 Å². The summed E-state index contributed by atoms with van der Waals surface area (Å²) in [6, 6.07) is 6.24. The Bertz CT molecular complexity index is 674. The van der Waals surface area contributed by atoms with Gasteiger partial charge in [-0.2, -0.15) is 4.98 Å². The maximum Gasteiger partial charge on any atom is 0.232 e. The molecule has 1 N–H and O–H groups in total. The topological polar surface area (TPSA) is 68.0 Å². The van der Waals surface area contributed by atoms with Gasteiger partial charge >= 0.3 is 0 Å². The van der Waals surface area contributed by atoms with Gasteiger partial charge in [0, 0.05) is 24.8 Å². The number of nitrogens with one attached hydrogen (secondary N) is 1. The molecule has 0 radical (unpaired) electrons. The van der Waals surface area contributed by atoms with E-state index in [1.807, 2.05) is 27.7 Å². The highest BCUT2D eigenvalue weighted by molar-refractivity contribution is 5.76. The van der Waals surface area contributed by atoms with Crippen LogP contribution >= 0.6 is 0 Å². The third kappa shape index (κ3) is 5.15. The fourth-order valence-corrected chi connectivity index (χ4v) is 2.23. The highest BCUT2D eigenvalue weighted by atomic mass is 19.1. The van der Waals surface area contributed by atoms with E-state index in [9.17, 15) is 9.18 Å². The van der Waals surface area contributed by atoms with Gasteiger partial charge in [-0.25, -0.2) is 4.39 Å². The Labute approximate surface area is 141 Å². The highest BCUT2D eigenvalue weighted by Gasteiger charge is 2.21. The minimum absolute atomic E-state index is 0.0308. The maximum atomic E-state index is 12.9. The van der Waals surface area contributed by atoms with E-state index in [0.29, 0.717) is 31.1 Å². The van der Waals surface area contributed by atoms with E-state index in [1.54, 1.807) is 12.1 Å². The van der Waals surface area contributed by atoms with E-state index in [4.69, 9.17) is 4.52 Å². The molecule has 1 atom stereocenters. The number of hydrogen-bond donors (Lipinski definition) is 1. The number of benzene rings is 1. The smallest absolute Gasteiger partial charge is 0.232 e. The molecule has 0 aliphatic heterocycles. The molecule has 24 heavy (non-hydrogen) atoms. The molecule has 0 aliphatic rings. The number of halogens is 1. The van der Waals surface area contributed by atoms with Gasteiger partial charge in [0.25, 0.3) is 0 Å². The van der Waals surface area contributed by atoms with Crippen LogP contribution in [0.3, 0.4) is 0 Å². The summed E-state index contributed by atoms with van der Waals surface area (Å²) < 4.78 is 18.1. The van der Waals surface area contributed by atoms with E-state index < -0.39 is 0 Å². The second-order valence-electron chi connectivity index (χ2n) is 7.02. The van der Waals surface area contributed by atoms with E-state index in [0.717, 1.165) is 5.56 Å². The second-order valence-corrected chi connectivity index (χ2v) is 7.02. The minimum Gasteiger partial charge on any atom is -0.356 e. The average Bonchev–Trinajstić information content (AvgIpc) is 2.97. The molecular formula is C18H24FN3O2. The van der Waals surface area contributed by atoms with Gasteiger partial charge in [-0.1, -0.05) is 45.0 Å². The molecule has 2 rings (SSSR count). The number of aromatic nitrogens is 2. The van der Waals surface area contributed by atoms with Crippen LogP contribution in [0.15, 0.2) is 28.8 Å². The molecule has 130 valence electrons. The lowest BCUT2D eigenvalue weighted by molar-refractivity contribution is -0.121. The van der Waals surface area contributed by atoms with Gasteiger partial charge in [0.05, 0.1) is 0 Å². The normalized spacial score (nSPS) is 12.9. The summed E-state index contributed by atoms with van der Waals surface area (Å²) in [5, 5.41) is 6.78. The van der Waals surface area contributed by atoms with Crippen LogP contribution in [0.4, 0.5) is 4.39 Å². The Morgan fingerprint density at radius 1 is 1.29 bits per heavy atom. The zero-order chi connectivity index (χ0) is 17.7. The number of hydrogen-bond acceptors (Lipinski definition) is 4. The fourth-order valence-electron chi connectivity index (χ4n) is 2.23. The Kier molecular flexibility index (Phi) is 5.70. The second kappa shape index (κ2) is 7.55. The molecule has 2 aromatic rings. The lowest BCUT2D eigenvalue weighted by atomic mass is 9.97. The predicted molar refractivity (Wildman–Crippen MR) is 89.1 cm³/mol. The van der Waals surface area contributed by atoms with Crippen molar-refractivity contribution in [2.45, 2.75) is 51.9 Å². The summed E-state index contributed by atoms with van der Waals surface area (Å²) in [5.74, 6) is 0.889. The van der Waals surface area contributed by atoms with Crippen LogP contribution < -0.4 is 5.32 Å². The van der Waals surface area contributed by atoms with E-state index in [2.05, 4.69) is 15.5 Å². The quantitative estimate of drug-likeness (QED) is 0.880. The predicted octanol–water partition coefficient (Wildman–Crippen LogP) is 3.36. The third-order valence-corrected chi connectivity index (χ3v) is 3.71. The van der Waals surface area contributed by atoms with Gasteiger partial charge < -0.3 is 9.84 Å². The fraction of sp³-hybridized carbons (Fsp3) is 0.500. The van der Waals surface area contributed by atoms with Crippen LogP contribution in [0.5, 0.6) is 0 Å². The van der Waals surface area contributed by atoms with Gasteiger partial charge in [0.1, 0.15) is 5.82 Å². The third-order valence-electron chi connectivity index (χ3n) is 3.71. The van der Waals surface area contributed by atoms with Crippen molar-refractivity contribution in [2.75, 3.05) is 6.54 Å². The largest absolute Gasteiger partial charge is 0.356 e. The molecule has 0 bridgehead atoms. The molecule has 0 saturated carbocycles. The molecule has 1 aromatic heterocycles. The summed E-state index contributed by atoms with van der Waals surface area (Å²) in [7, 11) is 0. The summed E-state index contributed by atoms with van der Waals surface area (Å²) in [4.78, 5) is 16.3. The average molecular weight is 333 g/mol. The molecule has 0 fully saturated rings. The summed E-state index contributed by atoms with van der Waals surface area (Å²) >= 11 is 0. The number of nitrogens with zero attached hydrogens (tertiary/aromatic N) is 2. The van der Waals surface area contributed by atoms with Crippen molar-refractivity contribution in [2.24, 2.45) is 0 Å². The molecule has 6 heteroatoms. The van der Waals surface area contributed by atoms with Gasteiger partial charge in [0.2, 0.25) is 11.8 Å². The van der Waals surface area contributed by atoms with Gasteiger partial charge in [-0.15, -0.1) is 0 Å². The summed E-state index contributed by atoms with van der Waals surface area (Å²) in [6.45, 7) is 8.41. The molecule has 0 aliphatic carbocycles. The van der Waals surface area contributed by atoms with Gasteiger partial charge in [0.15, 0.2) is 5.82 Å². The molecule has 5 nitrogen and oxygen atoms in total. The van der Waals surface area contributed by atoms with Crippen LogP contribution in [0, 0.1) is 5.82 Å². The molecule has 0 spiro atoms. The van der Waals surface area contributed by atoms with E-state index in [-0.39, 0.29) is 23.1 Å². The highest BCUT2D eigenvalue weighted by Crippen LogP contribution is 2.20. The molecule has 1 amide bonds. The van der Waals surface area contributed by atoms with Crippen molar-refractivity contribution in [1.82, 2.24) is 15.5 Å². The maximum absolute atomic E-state index is 12.9. The molecule has 1 aromatic carbocycles. The van der Waals surface area contributed by atoms with Crippen molar-refractivity contribution in [3.63, 3.8) is 0 Å². The zero-order valence-corrected chi connectivity index (χ0v) is 14.6. The van der Waals surface area contributed by atoms with Crippen molar-refractivity contribution >= 4 is 5.91 Å². The van der Waals surface area contributed by atoms with Crippen LogP contribution in [-0.4, -0.2) is 22.6 Å². The first-order chi connectivity index (χ1) is 11.3. The number of carbonyl (C=O) groups excluding carboxylic acids is 1. The Balaban J connectivity index is 1.77. The Morgan fingerprint density at radius 2 is 1.96 bits per heavy atom. The van der Waals surface area contributed by atoms with Crippen LogP contribution in [0.25, 0.3) is 0 Å². The van der Waals surface area contributed by atoms with Gasteiger partial charge in [-0.05, 0) is 23.6 Å². The number of rotatable bonds is 6. The summed E-state index contributed by atoms with van der Waals surface area (Å²) in [6.07, 6.45) is 0.876. The first-order valence-electron chi connectivity index (χ1n) is 8.11. The summed E-state index contributed by atoms with van der Waals surface area (Å²) in [5.41, 5.74) is 0.763. The monoisotopic (exact) mass is 333 g/mol. The van der Waals surface area contributed by atoms with Crippen LogP contribution in [0.2, 0.25) is 0 Å². The van der Waals surface area contributed by atoms with Gasteiger partial charge in [-0.3, -0.25) is 4.79 Å². The zero-order valence-electron chi connectivity index (χ0n) is 14.6. The van der Waals surface area contributed by atoms with Crippen LogP contribution in [0.1, 0.15) is 57.3 Å². The minimum atomic E-state index is -0.273. The van der Waals surface area contributed by atoms with Crippen molar-refractivity contribution < 1.29 is 13.7 Å². The SMILES string of the molecule is CC(CC(=O)NCCc1noc(C(C)(C)C)n1)c1ccc(F)cc1. The lowest BCUT2D eigenvalue weighted by Gasteiger charge is -2.12. The molecule has 1 unspecified atom stereocenters. The Hall–Kier alpha value is -2.24. The number of carbonyl (C=O) groups is 1. The Morgan fingerprint density at radius 3 is 2.54 bits per heavy atom. The van der Waals surface area contributed by atoms with Crippen molar-refractivity contribution in [3.05, 3.63) is 47.4 Å². The lowest BCUT2D eigenvalue weighted by Crippen LogP contribution is -2.27. The first kappa shape index (κ1) is 18.1. The first-order valence-corrected chi connectivity index (χ1v) is 8.11. The van der Waals surface area contributed by atoms with Crippen LogP contribution in [-0.2, 0) is 16.6 Å². The standard InChI is InChI=1S/C18H24FN3O2/c1-12(13-5-7-14(19)8-6-13)11-16(23)20-10-9-15-21-17(24-22-15)18(2,3)4/h5-8,12H,9-11H2,1-4H3,(H,20,23). The van der Waals surface area contributed by atoms with Crippen molar-refractivity contribution in [3.8, 4) is 0 Å². The molecular weight excluding hydrogens is 309 g/mol. The van der Waals surface area contributed by atoms with Crippen molar-refractivity contribution in [1.29, 1.82) is 0 Å². The molecule has 0 saturated heterocycles.